The molecule has 0 atom stereocenters. The van der Waals surface area contributed by atoms with Crippen molar-refractivity contribution in [2.75, 3.05) is 0 Å². The minimum Gasteiger partial charge on any atom is -0.481 e. The van der Waals surface area contributed by atoms with Crippen molar-refractivity contribution in [1.82, 2.24) is 15.2 Å². The van der Waals surface area contributed by atoms with Crippen LogP contribution in [0.1, 0.15) is 10.6 Å². The highest BCUT2D eigenvalue weighted by molar-refractivity contribution is 7.15. The van der Waals surface area contributed by atoms with Crippen molar-refractivity contribution in [3.63, 3.8) is 0 Å². The standard InChI is InChI=1S/C9H9N3O2S/c1-5-7(2-8(13)14)12-9(15-5)6-3-10-11-4-6/h3-4H,2H2,1H3,(H,10,11)(H,13,14). The van der Waals surface area contributed by atoms with E-state index in [1.807, 2.05) is 6.92 Å². The van der Waals surface area contributed by atoms with E-state index >= 15 is 0 Å². The first kappa shape index (κ1) is 9.85. The molecule has 15 heavy (non-hydrogen) atoms. The van der Waals surface area contributed by atoms with Crippen LogP contribution in [0.4, 0.5) is 0 Å². The number of rotatable bonds is 3. The number of aromatic nitrogens is 3. The molecule has 0 radical (unpaired) electrons. The van der Waals surface area contributed by atoms with E-state index in [1.165, 1.54) is 11.3 Å². The average molecular weight is 223 g/mol. The van der Waals surface area contributed by atoms with Gasteiger partial charge in [-0.15, -0.1) is 11.3 Å². The maximum atomic E-state index is 10.6. The number of nitrogens with zero attached hydrogens (tertiary/aromatic N) is 2. The van der Waals surface area contributed by atoms with E-state index in [9.17, 15) is 4.79 Å². The number of carboxylic acids is 1. The molecular weight excluding hydrogens is 214 g/mol. The van der Waals surface area contributed by atoms with Crippen LogP contribution in [0.5, 0.6) is 0 Å². The van der Waals surface area contributed by atoms with Crippen molar-refractivity contribution in [2.45, 2.75) is 13.3 Å². The lowest BCUT2D eigenvalue weighted by molar-refractivity contribution is -0.136. The van der Waals surface area contributed by atoms with Crippen molar-refractivity contribution in [3.05, 3.63) is 23.0 Å². The zero-order chi connectivity index (χ0) is 10.8. The highest BCUT2D eigenvalue weighted by Gasteiger charge is 2.12. The van der Waals surface area contributed by atoms with Gasteiger partial charge in [-0.05, 0) is 6.92 Å². The van der Waals surface area contributed by atoms with E-state index in [4.69, 9.17) is 5.11 Å². The fourth-order valence-corrected chi connectivity index (χ4v) is 2.14. The Morgan fingerprint density at radius 2 is 2.47 bits per heavy atom. The van der Waals surface area contributed by atoms with Gasteiger partial charge in [0, 0.05) is 16.6 Å². The molecule has 0 aromatic carbocycles. The zero-order valence-electron chi connectivity index (χ0n) is 8.02. The summed E-state index contributed by atoms with van der Waals surface area (Å²) in [7, 11) is 0. The van der Waals surface area contributed by atoms with Crippen LogP contribution in [-0.4, -0.2) is 26.3 Å². The van der Waals surface area contributed by atoms with Gasteiger partial charge in [-0.3, -0.25) is 9.89 Å². The maximum Gasteiger partial charge on any atom is 0.309 e. The number of aryl methyl sites for hydroxylation is 1. The van der Waals surface area contributed by atoms with E-state index in [0.29, 0.717) is 5.69 Å². The minimum absolute atomic E-state index is 0.0276. The molecule has 6 heteroatoms. The van der Waals surface area contributed by atoms with E-state index in [0.717, 1.165) is 15.4 Å². The number of nitrogens with one attached hydrogen (secondary N) is 1. The first-order valence-corrected chi connectivity index (χ1v) is 5.15. The third kappa shape index (κ3) is 2.04. The van der Waals surface area contributed by atoms with Gasteiger partial charge in [-0.2, -0.15) is 5.10 Å². The van der Waals surface area contributed by atoms with Crippen LogP contribution in [0.15, 0.2) is 12.4 Å². The molecule has 0 aliphatic carbocycles. The maximum absolute atomic E-state index is 10.6. The third-order valence-electron chi connectivity index (χ3n) is 1.96. The monoisotopic (exact) mass is 223 g/mol. The molecule has 5 nitrogen and oxygen atoms in total. The van der Waals surface area contributed by atoms with Gasteiger partial charge in [0.25, 0.3) is 0 Å². The predicted molar refractivity (Wildman–Crippen MR) is 55.8 cm³/mol. The van der Waals surface area contributed by atoms with Gasteiger partial charge in [-0.25, -0.2) is 4.98 Å². The summed E-state index contributed by atoms with van der Waals surface area (Å²) >= 11 is 1.48. The number of H-pyrrole nitrogens is 1. The lowest BCUT2D eigenvalue weighted by Crippen LogP contribution is -2.01. The van der Waals surface area contributed by atoms with Gasteiger partial charge in [0.15, 0.2) is 0 Å². The van der Waals surface area contributed by atoms with Crippen molar-refractivity contribution < 1.29 is 9.90 Å². The molecule has 0 aliphatic rings. The second kappa shape index (κ2) is 3.82. The lowest BCUT2D eigenvalue weighted by atomic mass is 10.3. The number of aliphatic carboxylic acids is 1. The van der Waals surface area contributed by atoms with Crippen LogP contribution < -0.4 is 0 Å². The fourth-order valence-electron chi connectivity index (χ4n) is 1.23. The normalized spacial score (nSPS) is 10.5. The molecule has 2 rings (SSSR count). The summed E-state index contributed by atoms with van der Waals surface area (Å²) in [6, 6.07) is 0. The van der Waals surface area contributed by atoms with Gasteiger partial charge in [-0.1, -0.05) is 0 Å². The number of hydrogen-bond donors (Lipinski definition) is 2. The Hall–Kier alpha value is -1.69. The van der Waals surface area contributed by atoms with Gasteiger partial charge in [0.2, 0.25) is 0 Å². The SMILES string of the molecule is Cc1sc(-c2cn[nH]c2)nc1CC(=O)O. The predicted octanol–water partition coefficient (Wildman–Crippen LogP) is 1.47. The molecule has 2 aromatic rings. The van der Waals surface area contributed by atoms with Crippen molar-refractivity contribution in [1.29, 1.82) is 0 Å². The Bertz CT molecular complexity index is 476. The molecule has 0 spiro atoms. The Labute approximate surface area is 89.8 Å². The second-order valence-electron chi connectivity index (χ2n) is 3.08. The summed E-state index contributed by atoms with van der Waals surface area (Å²) < 4.78 is 0. The van der Waals surface area contributed by atoms with Crippen LogP contribution in [0.2, 0.25) is 0 Å². The molecule has 0 amide bonds. The minimum atomic E-state index is -0.859. The topological polar surface area (TPSA) is 78.9 Å². The Balaban J connectivity index is 2.33. The molecule has 0 saturated carbocycles. The second-order valence-corrected chi connectivity index (χ2v) is 4.28. The first-order valence-electron chi connectivity index (χ1n) is 4.34. The van der Waals surface area contributed by atoms with E-state index in [2.05, 4.69) is 15.2 Å². The summed E-state index contributed by atoms with van der Waals surface area (Å²) in [6.07, 6.45) is 3.38. The molecule has 0 fully saturated rings. The van der Waals surface area contributed by atoms with Crippen LogP contribution in [0.3, 0.4) is 0 Å². The molecular formula is C9H9N3O2S. The number of carbonyl (C=O) groups is 1. The van der Waals surface area contributed by atoms with E-state index in [1.54, 1.807) is 12.4 Å². The third-order valence-corrected chi connectivity index (χ3v) is 3.02. The van der Waals surface area contributed by atoms with Gasteiger partial charge < -0.3 is 5.11 Å². The fraction of sp³-hybridized carbons (Fsp3) is 0.222. The van der Waals surface area contributed by atoms with E-state index in [-0.39, 0.29) is 6.42 Å². The molecule has 0 unspecified atom stereocenters. The molecule has 0 saturated heterocycles. The van der Waals surface area contributed by atoms with Crippen molar-refractivity contribution in [2.24, 2.45) is 0 Å². The number of carboxylic acid groups (broad SMARTS) is 1. The summed E-state index contributed by atoms with van der Waals surface area (Å²) in [4.78, 5) is 15.8. The van der Waals surface area contributed by atoms with Crippen molar-refractivity contribution in [3.8, 4) is 10.6 Å². The van der Waals surface area contributed by atoms with Crippen LogP contribution in [0.25, 0.3) is 10.6 Å². The molecule has 78 valence electrons. The molecule has 2 heterocycles. The van der Waals surface area contributed by atoms with Crippen molar-refractivity contribution >= 4 is 17.3 Å². The van der Waals surface area contributed by atoms with Gasteiger partial charge >= 0.3 is 5.97 Å². The molecule has 0 bridgehead atoms. The van der Waals surface area contributed by atoms with Gasteiger partial charge in [0.1, 0.15) is 5.01 Å². The number of hydrogen-bond acceptors (Lipinski definition) is 4. The highest BCUT2D eigenvalue weighted by Crippen LogP contribution is 2.26. The Morgan fingerprint density at radius 3 is 3.07 bits per heavy atom. The summed E-state index contributed by atoms with van der Waals surface area (Å²) in [5, 5.41) is 16.0. The van der Waals surface area contributed by atoms with Gasteiger partial charge in [0.05, 0.1) is 18.3 Å². The van der Waals surface area contributed by atoms with Crippen LogP contribution >= 0.6 is 11.3 Å². The van der Waals surface area contributed by atoms with Crippen LogP contribution in [0, 0.1) is 6.92 Å². The number of aromatic amines is 1. The van der Waals surface area contributed by atoms with E-state index < -0.39 is 5.97 Å². The summed E-state index contributed by atoms with van der Waals surface area (Å²) in [5.74, 6) is -0.859. The zero-order valence-corrected chi connectivity index (χ0v) is 8.84. The quantitative estimate of drug-likeness (QED) is 0.825. The lowest BCUT2D eigenvalue weighted by Gasteiger charge is -1.90. The first-order chi connectivity index (χ1) is 7.16. The largest absolute Gasteiger partial charge is 0.481 e. The Kier molecular flexibility index (Phi) is 2.51. The average Bonchev–Trinajstić information content (AvgIpc) is 2.75. The highest BCUT2D eigenvalue weighted by atomic mass is 32.1. The van der Waals surface area contributed by atoms with Crippen LogP contribution in [-0.2, 0) is 11.2 Å². The summed E-state index contributed by atoms with van der Waals surface area (Å²) in [5.41, 5.74) is 1.52. The molecule has 2 aromatic heterocycles. The smallest absolute Gasteiger partial charge is 0.309 e. The summed E-state index contributed by atoms with van der Waals surface area (Å²) in [6.45, 7) is 1.87. The molecule has 2 N–H and O–H groups in total. The molecule has 0 aliphatic heterocycles. The number of thiazole rings is 1. The Morgan fingerprint density at radius 1 is 1.67 bits per heavy atom.